The molecule has 2 atom stereocenters. The Bertz CT molecular complexity index is 2040. The van der Waals surface area contributed by atoms with Crippen molar-refractivity contribution in [3.8, 4) is 23.3 Å². The van der Waals surface area contributed by atoms with Gasteiger partial charge in [-0.15, -0.1) is 0 Å². The van der Waals surface area contributed by atoms with Crippen LogP contribution in [0.1, 0.15) is 89.8 Å². The van der Waals surface area contributed by atoms with Crippen LogP contribution in [0.2, 0.25) is 0 Å². The topological polar surface area (TPSA) is 155 Å². The normalized spacial score (nSPS) is 19.3. The molecule has 3 aliphatic rings. The van der Waals surface area contributed by atoms with Crippen LogP contribution in [0.4, 0.5) is 13.2 Å². The van der Waals surface area contributed by atoms with Gasteiger partial charge in [0.1, 0.15) is 23.3 Å². The van der Waals surface area contributed by atoms with Gasteiger partial charge in [-0.1, -0.05) is 32.0 Å². The summed E-state index contributed by atoms with van der Waals surface area (Å²) in [5, 5.41) is 11.3. The van der Waals surface area contributed by atoms with Crippen molar-refractivity contribution in [1.29, 1.82) is 5.26 Å². The first-order valence-corrected chi connectivity index (χ1v) is 17.9. The number of halogens is 3. The number of piperidine rings is 1. The average Bonchev–Trinajstić information content (AvgIpc) is 3.52. The molecule has 15 heteroatoms. The Labute approximate surface area is 315 Å². The van der Waals surface area contributed by atoms with E-state index >= 15 is 0 Å². The highest BCUT2D eigenvalue weighted by atomic mass is 19.4. The summed E-state index contributed by atoms with van der Waals surface area (Å²) in [6, 6.07) is 15.6. The molecular formula is C40H39F3N4O8. The van der Waals surface area contributed by atoms with Gasteiger partial charge >= 0.3 is 6.18 Å². The molecule has 3 aromatic rings. The Kier molecular flexibility index (Phi) is 11.2. The maximum Gasteiger partial charge on any atom is 0.417 e. The molecule has 2 unspecified atom stereocenters. The molecule has 1 N–H and O–H groups in total. The summed E-state index contributed by atoms with van der Waals surface area (Å²) in [5.41, 5.74) is -1.20. The summed E-state index contributed by atoms with van der Waals surface area (Å²) in [7, 11) is 0. The Balaban J connectivity index is 0.915. The summed E-state index contributed by atoms with van der Waals surface area (Å²) >= 11 is 0. The van der Waals surface area contributed by atoms with Gasteiger partial charge in [0, 0.05) is 24.9 Å². The molecule has 3 heterocycles. The lowest BCUT2D eigenvalue weighted by Crippen LogP contribution is -2.54. The van der Waals surface area contributed by atoms with Gasteiger partial charge in [-0.2, -0.15) is 18.4 Å². The highest BCUT2D eigenvalue weighted by Crippen LogP contribution is 2.39. The molecule has 3 aromatic carbocycles. The van der Waals surface area contributed by atoms with Crippen LogP contribution < -0.4 is 19.5 Å². The number of hydrogen-bond donors (Lipinski definition) is 1. The number of hydrogen-bond acceptors (Lipinski definition) is 9. The lowest BCUT2D eigenvalue weighted by atomic mass is 9.89. The van der Waals surface area contributed by atoms with Crippen molar-refractivity contribution in [1.82, 2.24) is 15.1 Å². The number of fused-ring (bicyclic) bond motifs is 1. The third-order valence-electron chi connectivity index (χ3n) is 9.81. The molecule has 2 fully saturated rings. The number of nitriles is 1. The van der Waals surface area contributed by atoms with Gasteiger partial charge in [0.2, 0.25) is 11.8 Å². The number of imide groups is 2. The smallest absolute Gasteiger partial charge is 0.417 e. The number of ether oxygens (including phenoxy) is 3. The van der Waals surface area contributed by atoms with E-state index < -0.39 is 58.5 Å². The first-order chi connectivity index (χ1) is 26.2. The average molecular weight is 761 g/mol. The molecule has 3 aliphatic heterocycles. The first kappa shape index (κ1) is 38.8. The summed E-state index contributed by atoms with van der Waals surface area (Å²) in [5.74, 6) is -1.86. The number of nitrogens with zero attached hydrogens (tertiary/aromatic N) is 3. The zero-order chi connectivity index (χ0) is 39.5. The number of carbonyl (C=O) groups excluding carboxylic acids is 5. The van der Waals surface area contributed by atoms with Crippen LogP contribution in [0.3, 0.4) is 0 Å². The third-order valence-corrected chi connectivity index (χ3v) is 9.81. The largest absolute Gasteiger partial charge is 0.494 e. The Hall–Kier alpha value is -5.91. The number of amides is 5. The number of benzene rings is 3. The molecule has 0 spiro atoms. The zero-order valence-corrected chi connectivity index (χ0v) is 30.2. The van der Waals surface area contributed by atoms with Crippen LogP contribution in [0.15, 0.2) is 60.7 Å². The van der Waals surface area contributed by atoms with Crippen molar-refractivity contribution in [2.24, 2.45) is 5.41 Å². The van der Waals surface area contributed by atoms with Crippen molar-refractivity contribution < 1.29 is 51.4 Å². The molecule has 0 bridgehead atoms. The first-order valence-electron chi connectivity index (χ1n) is 17.9. The lowest BCUT2D eigenvalue weighted by molar-refractivity contribution is -0.138. The third kappa shape index (κ3) is 8.43. The zero-order valence-electron chi connectivity index (χ0n) is 30.2. The molecule has 0 aromatic heterocycles. The molecule has 6 rings (SSSR count). The van der Waals surface area contributed by atoms with E-state index in [-0.39, 0.29) is 47.9 Å². The van der Waals surface area contributed by atoms with E-state index in [0.29, 0.717) is 31.9 Å². The SMILES string of the molecule is CC1(C)CN(Cc2ccc(OCCCCCCOc3cccc4c3C(=O)N(C3CCC(=O)NC3=O)C4=O)cc2)C(=O)C1Oc1ccc(C#N)c(C(F)(F)F)c1. The van der Waals surface area contributed by atoms with Gasteiger partial charge in [0.15, 0.2) is 6.10 Å². The highest BCUT2D eigenvalue weighted by Gasteiger charge is 2.49. The van der Waals surface area contributed by atoms with E-state index in [1.54, 1.807) is 17.0 Å². The Morgan fingerprint density at radius 1 is 0.891 bits per heavy atom. The second kappa shape index (κ2) is 15.8. The van der Waals surface area contributed by atoms with Gasteiger partial charge in [-0.05, 0) is 80.1 Å². The molecule has 0 radical (unpaired) electrons. The van der Waals surface area contributed by atoms with Crippen molar-refractivity contribution in [2.45, 2.75) is 77.2 Å². The molecule has 0 aliphatic carbocycles. The summed E-state index contributed by atoms with van der Waals surface area (Å²) in [4.78, 5) is 66.0. The monoisotopic (exact) mass is 760 g/mol. The second-order valence-corrected chi connectivity index (χ2v) is 14.4. The standard InChI is InChI=1S/C40H39F3N4O8/c1-39(2)23-46(38(52)34(39)55-27-15-12-25(21-44)29(20-27)40(41,42)43)22-24-10-13-26(14-11-24)53-18-5-3-4-6-19-54-31-9-7-8-28-33(31)37(51)47(36(28)50)30-16-17-32(48)45-35(30)49/h7-15,20,30,34H,3-6,16-19,22-23H2,1-2H3,(H,45,48,49). The van der Waals surface area contributed by atoms with E-state index in [1.165, 1.54) is 18.2 Å². The number of nitrogens with one attached hydrogen (secondary N) is 1. The summed E-state index contributed by atoms with van der Waals surface area (Å²) in [6.45, 7) is 5.03. The number of alkyl halides is 3. The predicted molar refractivity (Wildman–Crippen MR) is 189 cm³/mol. The van der Waals surface area contributed by atoms with Gasteiger partial charge in [-0.3, -0.25) is 34.2 Å². The molecule has 2 saturated heterocycles. The van der Waals surface area contributed by atoms with Crippen LogP contribution in [-0.4, -0.2) is 71.2 Å². The lowest BCUT2D eigenvalue weighted by Gasteiger charge is -2.27. The molecule has 12 nitrogen and oxygen atoms in total. The van der Waals surface area contributed by atoms with E-state index in [9.17, 15) is 37.1 Å². The molecule has 55 heavy (non-hydrogen) atoms. The number of unbranched alkanes of at least 4 members (excludes halogenated alkanes) is 3. The van der Waals surface area contributed by atoms with Gasteiger partial charge in [-0.25, -0.2) is 0 Å². The van der Waals surface area contributed by atoms with E-state index in [0.717, 1.165) is 41.9 Å². The fourth-order valence-corrected chi connectivity index (χ4v) is 7.01. The second-order valence-electron chi connectivity index (χ2n) is 14.4. The van der Waals surface area contributed by atoms with Crippen LogP contribution in [0.5, 0.6) is 17.2 Å². The van der Waals surface area contributed by atoms with Crippen LogP contribution >= 0.6 is 0 Å². The fraction of sp³-hybridized carbons (Fsp3) is 0.400. The van der Waals surface area contributed by atoms with E-state index in [1.807, 2.05) is 38.1 Å². The minimum absolute atomic E-state index is 0.0396. The van der Waals surface area contributed by atoms with Gasteiger partial charge < -0.3 is 19.1 Å². The van der Waals surface area contributed by atoms with Crippen LogP contribution in [-0.2, 0) is 27.1 Å². The minimum atomic E-state index is -4.74. The summed E-state index contributed by atoms with van der Waals surface area (Å²) in [6.07, 6.45) is -2.50. The number of carbonyl (C=O) groups is 5. The number of likely N-dealkylation sites (tertiary alicyclic amines) is 1. The van der Waals surface area contributed by atoms with Crippen molar-refractivity contribution in [2.75, 3.05) is 19.8 Å². The highest BCUT2D eigenvalue weighted by molar-refractivity contribution is 6.24. The van der Waals surface area contributed by atoms with Crippen molar-refractivity contribution in [3.05, 3.63) is 88.5 Å². The quantitative estimate of drug-likeness (QED) is 0.158. The van der Waals surface area contributed by atoms with E-state index in [2.05, 4.69) is 5.32 Å². The Morgan fingerprint density at radius 2 is 1.58 bits per heavy atom. The molecule has 288 valence electrons. The molecule has 5 amide bonds. The maximum absolute atomic E-state index is 13.5. The van der Waals surface area contributed by atoms with Crippen molar-refractivity contribution >= 4 is 29.5 Å². The molecular weight excluding hydrogens is 721 g/mol. The van der Waals surface area contributed by atoms with Gasteiger partial charge in [0.25, 0.3) is 17.7 Å². The predicted octanol–water partition coefficient (Wildman–Crippen LogP) is 5.81. The Morgan fingerprint density at radius 3 is 2.25 bits per heavy atom. The fourth-order valence-electron chi connectivity index (χ4n) is 7.01. The molecule has 0 saturated carbocycles. The van der Waals surface area contributed by atoms with Crippen LogP contribution in [0, 0.1) is 16.7 Å². The minimum Gasteiger partial charge on any atom is -0.494 e. The number of rotatable bonds is 14. The maximum atomic E-state index is 13.5. The van der Waals surface area contributed by atoms with Crippen molar-refractivity contribution in [3.63, 3.8) is 0 Å². The summed E-state index contributed by atoms with van der Waals surface area (Å²) < 4.78 is 58.0. The van der Waals surface area contributed by atoms with E-state index in [4.69, 9.17) is 19.5 Å². The van der Waals surface area contributed by atoms with Crippen LogP contribution in [0.25, 0.3) is 0 Å². The van der Waals surface area contributed by atoms with Gasteiger partial charge in [0.05, 0.1) is 41.5 Å².